The molecule has 0 radical (unpaired) electrons. The lowest BCUT2D eigenvalue weighted by Gasteiger charge is -2.19. The van der Waals surface area contributed by atoms with E-state index in [2.05, 4.69) is 10.3 Å². The highest BCUT2D eigenvalue weighted by Crippen LogP contribution is 2.28. The molecule has 0 fully saturated rings. The van der Waals surface area contributed by atoms with Gasteiger partial charge in [0.05, 0.1) is 20.6 Å². The van der Waals surface area contributed by atoms with E-state index >= 15 is 0 Å². The Balaban J connectivity index is 1.83. The number of amides is 1. The van der Waals surface area contributed by atoms with Crippen LogP contribution in [0.4, 0.5) is 4.39 Å². The first kappa shape index (κ1) is 19.4. The Morgan fingerprint density at radius 3 is 2.61 bits per heavy atom. The normalized spacial score (nSPS) is 11.7. The zero-order valence-electron chi connectivity index (χ0n) is 16.0. The molecule has 0 aliphatic heterocycles. The minimum atomic E-state index is -0.566. The molecule has 1 heterocycles. The second kappa shape index (κ2) is 8.56. The van der Waals surface area contributed by atoms with Gasteiger partial charge in [-0.3, -0.25) is 4.79 Å². The van der Waals surface area contributed by atoms with Crippen LogP contribution in [0, 0.1) is 5.82 Å². The molecule has 2 aromatic carbocycles. The summed E-state index contributed by atoms with van der Waals surface area (Å²) in [7, 11) is 4.93. The number of rotatable bonds is 7. The Labute approximate surface area is 162 Å². The molecule has 0 bridgehead atoms. The van der Waals surface area contributed by atoms with Crippen molar-refractivity contribution in [3.8, 4) is 11.5 Å². The molecular weight excluding hydrogens is 361 g/mol. The van der Waals surface area contributed by atoms with Gasteiger partial charge in [0.1, 0.15) is 17.7 Å². The molecule has 6 nitrogen and oxygen atoms in total. The van der Waals surface area contributed by atoms with Crippen LogP contribution in [0.3, 0.4) is 0 Å². The number of hydrogen-bond donors (Lipinski definition) is 1. The number of carbonyl (C=O) groups is 1. The summed E-state index contributed by atoms with van der Waals surface area (Å²) in [6.45, 7) is 0. The fourth-order valence-corrected chi connectivity index (χ4v) is 3.03. The molecule has 0 unspecified atom stereocenters. The highest BCUT2D eigenvalue weighted by Gasteiger charge is 2.21. The van der Waals surface area contributed by atoms with Crippen LogP contribution in [0.5, 0.6) is 11.5 Å². The van der Waals surface area contributed by atoms with E-state index < -0.39 is 6.04 Å². The van der Waals surface area contributed by atoms with Crippen molar-refractivity contribution < 1.29 is 18.7 Å². The van der Waals surface area contributed by atoms with Crippen LogP contribution in [0.1, 0.15) is 23.0 Å². The molecule has 1 aromatic heterocycles. The van der Waals surface area contributed by atoms with Gasteiger partial charge in [-0.15, -0.1) is 0 Å². The third kappa shape index (κ3) is 4.31. The Kier molecular flexibility index (Phi) is 5.93. The maximum absolute atomic E-state index is 13.7. The zero-order valence-corrected chi connectivity index (χ0v) is 16.0. The smallest absolute Gasteiger partial charge is 0.225 e. The van der Waals surface area contributed by atoms with Crippen LogP contribution in [0.15, 0.2) is 54.9 Å². The molecule has 0 aliphatic carbocycles. The maximum atomic E-state index is 13.7. The van der Waals surface area contributed by atoms with Gasteiger partial charge in [0, 0.05) is 19.4 Å². The first-order valence-electron chi connectivity index (χ1n) is 8.74. The number of halogens is 1. The summed E-state index contributed by atoms with van der Waals surface area (Å²) in [6, 6.07) is 10.9. The standard InChI is InChI=1S/C21H22FN3O3/c1-25-10-9-23-21(25)20(15-5-4-6-16(22)13-15)24-19(26)12-14-7-8-17(27-2)18(11-14)28-3/h4-11,13,20H,12H2,1-3H3,(H,24,26)/t20-/m1/s1. The quantitative estimate of drug-likeness (QED) is 0.681. The van der Waals surface area contributed by atoms with Gasteiger partial charge in [-0.25, -0.2) is 9.37 Å². The third-order valence-corrected chi connectivity index (χ3v) is 4.42. The molecule has 0 saturated carbocycles. The van der Waals surface area contributed by atoms with Crippen LogP contribution in [-0.2, 0) is 18.3 Å². The SMILES string of the molecule is COc1ccc(CC(=O)N[C@H](c2cccc(F)c2)c2nccn2C)cc1OC. The molecule has 1 N–H and O–H groups in total. The minimum absolute atomic E-state index is 0.136. The highest BCUT2D eigenvalue weighted by molar-refractivity contribution is 5.79. The van der Waals surface area contributed by atoms with Gasteiger partial charge in [0.25, 0.3) is 0 Å². The number of benzene rings is 2. The van der Waals surface area contributed by atoms with Crippen molar-refractivity contribution in [3.05, 3.63) is 77.6 Å². The molecule has 3 aromatic rings. The van der Waals surface area contributed by atoms with Crippen molar-refractivity contribution in [1.82, 2.24) is 14.9 Å². The van der Waals surface area contributed by atoms with Crippen LogP contribution < -0.4 is 14.8 Å². The predicted molar refractivity (Wildman–Crippen MR) is 103 cm³/mol. The molecular formula is C21H22FN3O3. The minimum Gasteiger partial charge on any atom is -0.493 e. The Bertz CT molecular complexity index is 971. The summed E-state index contributed by atoms with van der Waals surface area (Å²) in [5.41, 5.74) is 1.39. The molecule has 146 valence electrons. The average molecular weight is 383 g/mol. The van der Waals surface area contributed by atoms with E-state index in [0.717, 1.165) is 5.56 Å². The predicted octanol–water partition coefficient (Wildman–Crippen LogP) is 3.02. The topological polar surface area (TPSA) is 65.4 Å². The van der Waals surface area contributed by atoms with E-state index in [4.69, 9.17) is 9.47 Å². The highest BCUT2D eigenvalue weighted by atomic mass is 19.1. The molecule has 1 atom stereocenters. The number of aromatic nitrogens is 2. The fraction of sp³-hybridized carbons (Fsp3) is 0.238. The number of methoxy groups -OCH3 is 2. The summed E-state index contributed by atoms with van der Waals surface area (Å²) < 4.78 is 26.0. The second-order valence-electron chi connectivity index (χ2n) is 6.32. The van der Waals surface area contributed by atoms with E-state index in [1.165, 1.54) is 12.1 Å². The number of imidazole rings is 1. The number of nitrogens with one attached hydrogen (secondary N) is 1. The lowest BCUT2D eigenvalue weighted by Crippen LogP contribution is -2.32. The number of hydrogen-bond acceptors (Lipinski definition) is 4. The Morgan fingerprint density at radius 2 is 1.96 bits per heavy atom. The molecule has 7 heteroatoms. The van der Waals surface area contributed by atoms with Crippen LogP contribution in [0.2, 0.25) is 0 Å². The maximum Gasteiger partial charge on any atom is 0.225 e. The summed E-state index contributed by atoms with van der Waals surface area (Å²) in [6.07, 6.45) is 3.56. The average Bonchev–Trinajstić information content (AvgIpc) is 3.11. The third-order valence-electron chi connectivity index (χ3n) is 4.42. The van der Waals surface area contributed by atoms with Gasteiger partial charge in [0.2, 0.25) is 5.91 Å². The first-order valence-corrected chi connectivity index (χ1v) is 8.74. The van der Waals surface area contributed by atoms with E-state index in [1.807, 2.05) is 7.05 Å². The molecule has 0 spiro atoms. The molecule has 3 rings (SSSR count). The molecule has 1 amide bonds. The lowest BCUT2D eigenvalue weighted by atomic mass is 10.0. The Hall–Kier alpha value is -3.35. The summed E-state index contributed by atoms with van der Waals surface area (Å²) in [5.74, 6) is 1.18. The van der Waals surface area contributed by atoms with Crippen molar-refractivity contribution in [2.75, 3.05) is 14.2 Å². The van der Waals surface area contributed by atoms with Crippen molar-refractivity contribution >= 4 is 5.91 Å². The van der Waals surface area contributed by atoms with E-state index in [9.17, 15) is 9.18 Å². The number of nitrogens with zero attached hydrogens (tertiary/aromatic N) is 2. The van der Waals surface area contributed by atoms with Crippen LogP contribution >= 0.6 is 0 Å². The summed E-state index contributed by atoms with van der Waals surface area (Å²) in [5, 5.41) is 2.96. The van der Waals surface area contributed by atoms with E-state index in [1.54, 1.807) is 61.5 Å². The molecule has 0 aliphatic rings. The van der Waals surface area contributed by atoms with Gasteiger partial charge in [0.15, 0.2) is 11.5 Å². The largest absolute Gasteiger partial charge is 0.493 e. The molecule has 28 heavy (non-hydrogen) atoms. The lowest BCUT2D eigenvalue weighted by molar-refractivity contribution is -0.121. The van der Waals surface area contributed by atoms with Crippen LogP contribution in [0.25, 0.3) is 0 Å². The van der Waals surface area contributed by atoms with Gasteiger partial charge in [-0.2, -0.15) is 0 Å². The molecule has 0 saturated heterocycles. The van der Waals surface area contributed by atoms with Gasteiger partial charge < -0.3 is 19.4 Å². The number of ether oxygens (including phenoxy) is 2. The van der Waals surface area contributed by atoms with Crippen molar-refractivity contribution in [2.45, 2.75) is 12.5 Å². The van der Waals surface area contributed by atoms with Gasteiger partial charge in [-0.1, -0.05) is 18.2 Å². The van der Waals surface area contributed by atoms with Crippen molar-refractivity contribution in [1.29, 1.82) is 0 Å². The number of carbonyl (C=O) groups excluding carboxylic acids is 1. The number of aryl methyl sites for hydroxylation is 1. The van der Waals surface area contributed by atoms with Crippen molar-refractivity contribution in [3.63, 3.8) is 0 Å². The summed E-state index contributed by atoms with van der Waals surface area (Å²) >= 11 is 0. The fourth-order valence-electron chi connectivity index (χ4n) is 3.03. The van der Waals surface area contributed by atoms with E-state index in [0.29, 0.717) is 22.9 Å². The van der Waals surface area contributed by atoms with Crippen LogP contribution in [-0.4, -0.2) is 29.7 Å². The van der Waals surface area contributed by atoms with Crippen molar-refractivity contribution in [2.24, 2.45) is 7.05 Å². The summed E-state index contributed by atoms with van der Waals surface area (Å²) in [4.78, 5) is 17.0. The zero-order chi connectivity index (χ0) is 20.1. The van der Waals surface area contributed by atoms with E-state index in [-0.39, 0.29) is 18.1 Å². The van der Waals surface area contributed by atoms with Gasteiger partial charge >= 0.3 is 0 Å². The van der Waals surface area contributed by atoms with Gasteiger partial charge in [-0.05, 0) is 35.4 Å². The monoisotopic (exact) mass is 383 g/mol. The Morgan fingerprint density at radius 1 is 1.18 bits per heavy atom. The second-order valence-corrected chi connectivity index (χ2v) is 6.32. The first-order chi connectivity index (χ1) is 13.5.